The molecule has 0 radical (unpaired) electrons. The summed E-state index contributed by atoms with van der Waals surface area (Å²) >= 11 is 1.46. The average Bonchev–Trinajstić information content (AvgIpc) is 3.01. The monoisotopic (exact) mass is 321 g/mol. The number of nitrogens with zero attached hydrogens (tertiary/aromatic N) is 1. The molecular weight excluding hydrogens is 306 g/mol. The summed E-state index contributed by atoms with van der Waals surface area (Å²) in [7, 11) is 0. The van der Waals surface area contributed by atoms with E-state index >= 15 is 0 Å². The van der Waals surface area contributed by atoms with Gasteiger partial charge in [0.25, 0.3) is 5.69 Å². The number of nitro benzene ring substituents is 1. The Balaban J connectivity index is 1.89. The molecule has 0 aliphatic carbocycles. The van der Waals surface area contributed by atoms with E-state index in [1.54, 1.807) is 13.0 Å². The van der Waals surface area contributed by atoms with E-state index in [1.165, 1.54) is 35.6 Å². The summed E-state index contributed by atoms with van der Waals surface area (Å²) in [5.74, 6) is 0. The third kappa shape index (κ3) is 4.03. The van der Waals surface area contributed by atoms with Crippen LogP contribution in [0.15, 0.2) is 41.1 Å². The fourth-order valence-electron chi connectivity index (χ4n) is 1.77. The number of nitrogens with one attached hydrogen (secondary N) is 2. The zero-order valence-corrected chi connectivity index (χ0v) is 12.6. The first-order valence-electron chi connectivity index (χ1n) is 6.43. The molecule has 1 aromatic carbocycles. The van der Waals surface area contributed by atoms with Crippen LogP contribution in [0.4, 0.5) is 16.2 Å². The predicted octanol–water partition coefficient (Wildman–Crippen LogP) is 2.69. The molecule has 0 spiro atoms. The van der Waals surface area contributed by atoms with Gasteiger partial charge in [0.1, 0.15) is 5.60 Å². The van der Waals surface area contributed by atoms with Crippen molar-refractivity contribution in [3.8, 4) is 0 Å². The third-order valence-electron chi connectivity index (χ3n) is 3.07. The van der Waals surface area contributed by atoms with Gasteiger partial charge in [-0.1, -0.05) is 0 Å². The van der Waals surface area contributed by atoms with Crippen LogP contribution in [0, 0.1) is 10.1 Å². The molecule has 116 valence electrons. The molecule has 1 atom stereocenters. The number of urea groups is 1. The van der Waals surface area contributed by atoms with Gasteiger partial charge in [0.2, 0.25) is 0 Å². The van der Waals surface area contributed by atoms with E-state index in [0.29, 0.717) is 5.69 Å². The van der Waals surface area contributed by atoms with Gasteiger partial charge < -0.3 is 15.7 Å². The minimum absolute atomic E-state index is 0.0442. The first-order chi connectivity index (χ1) is 10.4. The highest BCUT2D eigenvalue weighted by Gasteiger charge is 2.24. The van der Waals surface area contributed by atoms with Gasteiger partial charge in [0.15, 0.2) is 0 Å². The van der Waals surface area contributed by atoms with Crippen LogP contribution in [-0.4, -0.2) is 22.6 Å². The van der Waals surface area contributed by atoms with Gasteiger partial charge in [-0.25, -0.2) is 4.79 Å². The zero-order chi connectivity index (χ0) is 16.2. The van der Waals surface area contributed by atoms with Crippen LogP contribution >= 0.6 is 11.3 Å². The van der Waals surface area contributed by atoms with Gasteiger partial charge >= 0.3 is 6.03 Å². The summed E-state index contributed by atoms with van der Waals surface area (Å²) in [5, 5.41) is 29.6. The van der Waals surface area contributed by atoms with Crippen molar-refractivity contribution in [1.82, 2.24) is 5.32 Å². The van der Waals surface area contributed by atoms with Gasteiger partial charge in [-0.3, -0.25) is 10.1 Å². The minimum atomic E-state index is -1.16. The maximum Gasteiger partial charge on any atom is 0.319 e. The summed E-state index contributed by atoms with van der Waals surface area (Å²) in [6, 6.07) is 6.78. The topological polar surface area (TPSA) is 104 Å². The number of carbonyl (C=O) groups excluding carboxylic acids is 1. The molecule has 0 bridgehead atoms. The highest BCUT2D eigenvalue weighted by atomic mass is 32.1. The van der Waals surface area contributed by atoms with E-state index in [2.05, 4.69) is 10.6 Å². The average molecular weight is 321 g/mol. The fourth-order valence-corrected chi connectivity index (χ4v) is 2.55. The van der Waals surface area contributed by atoms with Crippen molar-refractivity contribution in [3.63, 3.8) is 0 Å². The van der Waals surface area contributed by atoms with Crippen LogP contribution in [0.3, 0.4) is 0 Å². The number of thiophene rings is 1. The molecule has 0 saturated heterocycles. The van der Waals surface area contributed by atoms with E-state index in [1.807, 2.05) is 10.8 Å². The number of aliphatic hydroxyl groups is 1. The molecule has 8 heteroatoms. The van der Waals surface area contributed by atoms with E-state index < -0.39 is 16.6 Å². The van der Waals surface area contributed by atoms with Crippen LogP contribution in [0.25, 0.3) is 0 Å². The second kappa shape index (κ2) is 6.54. The van der Waals surface area contributed by atoms with Crippen LogP contribution in [0.1, 0.15) is 12.5 Å². The molecule has 0 aliphatic rings. The van der Waals surface area contributed by atoms with Crippen molar-refractivity contribution >= 4 is 28.7 Å². The summed E-state index contributed by atoms with van der Waals surface area (Å²) < 4.78 is 0. The largest absolute Gasteiger partial charge is 0.384 e. The Labute approximate surface area is 130 Å². The molecule has 22 heavy (non-hydrogen) atoms. The molecule has 2 aromatic rings. The van der Waals surface area contributed by atoms with Gasteiger partial charge in [0.05, 0.1) is 11.5 Å². The third-order valence-corrected chi connectivity index (χ3v) is 3.76. The maximum absolute atomic E-state index is 11.8. The molecule has 7 nitrogen and oxygen atoms in total. The van der Waals surface area contributed by atoms with Gasteiger partial charge in [-0.15, -0.1) is 0 Å². The molecule has 2 amide bonds. The molecule has 3 N–H and O–H groups in total. The van der Waals surface area contributed by atoms with Crippen molar-refractivity contribution in [2.45, 2.75) is 12.5 Å². The molecule has 2 rings (SSSR count). The Hall–Kier alpha value is -2.45. The lowest BCUT2D eigenvalue weighted by Gasteiger charge is -2.22. The molecule has 0 saturated carbocycles. The lowest BCUT2D eigenvalue weighted by atomic mass is 9.99. The van der Waals surface area contributed by atoms with Crippen LogP contribution in [0.5, 0.6) is 0 Å². The van der Waals surface area contributed by atoms with Crippen molar-refractivity contribution in [2.75, 3.05) is 11.9 Å². The Morgan fingerprint density at radius 3 is 2.59 bits per heavy atom. The van der Waals surface area contributed by atoms with E-state index in [0.717, 1.165) is 5.56 Å². The standard InChI is InChI=1S/C14H15N3O4S/c1-14(19,10-6-7-22-8-10)9-15-13(18)16-11-2-4-12(5-3-11)17(20)21/h2-8,19H,9H2,1H3,(H2,15,16,18)/t14-/m0/s1. The summed E-state index contributed by atoms with van der Waals surface area (Å²) in [4.78, 5) is 21.8. The maximum atomic E-state index is 11.8. The summed E-state index contributed by atoms with van der Waals surface area (Å²) in [6.07, 6.45) is 0. The van der Waals surface area contributed by atoms with E-state index in [-0.39, 0.29) is 12.2 Å². The number of rotatable bonds is 5. The Kier molecular flexibility index (Phi) is 4.74. The van der Waals surface area contributed by atoms with Gasteiger partial charge in [-0.05, 0) is 41.4 Å². The Morgan fingerprint density at radius 2 is 2.05 bits per heavy atom. The number of non-ortho nitro benzene ring substituents is 1. The number of anilines is 1. The summed E-state index contributed by atoms with van der Waals surface area (Å²) in [5.41, 5.74) is -0.0509. The first kappa shape index (κ1) is 15.9. The first-order valence-corrected chi connectivity index (χ1v) is 7.37. The fraction of sp³-hybridized carbons (Fsp3) is 0.214. The van der Waals surface area contributed by atoms with Crippen molar-refractivity contribution in [3.05, 3.63) is 56.8 Å². The molecule has 0 fully saturated rings. The normalized spacial score (nSPS) is 13.2. The highest BCUT2D eigenvalue weighted by molar-refractivity contribution is 7.08. The predicted molar refractivity (Wildman–Crippen MR) is 84.0 cm³/mol. The Bertz CT molecular complexity index is 653. The van der Waals surface area contributed by atoms with Gasteiger partial charge in [-0.2, -0.15) is 11.3 Å². The van der Waals surface area contributed by atoms with Crippen molar-refractivity contribution < 1.29 is 14.8 Å². The minimum Gasteiger partial charge on any atom is -0.384 e. The smallest absolute Gasteiger partial charge is 0.319 e. The second-order valence-electron chi connectivity index (χ2n) is 4.90. The number of amides is 2. The lowest BCUT2D eigenvalue weighted by Crippen LogP contribution is -2.40. The lowest BCUT2D eigenvalue weighted by molar-refractivity contribution is -0.384. The van der Waals surface area contributed by atoms with Crippen molar-refractivity contribution in [2.24, 2.45) is 0 Å². The zero-order valence-electron chi connectivity index (χ0n) is 11.8. The number of carbonyl (C=O) groups is 1. The summed E-state index contributed by atoms with van der Waals surface area (Å²) in [6.45, 7) is 1.66. The second-order valence-corrected chi connectivity index (χ2v) is 5.68. The van der Waals surface area contributed by atoms with Crippen LogP contribution < -0.4 is 10.6 Å². The molecule has 1 aromatic heterocycles. The highest BCUT2D eigenvalue weighted by Crippen LogP contribution is 2.22. The molecule has 0 aliphatic heterocycles. The number of nitro groups is 1. The van der Waals surface area contributed by atoms with E-state index in [9.17, 15) is 20.0 Å². The SMILES string of the molecule is C[C@](O)(CNC(=O)Nc1ccc([N+](=O)[O-])cc1)c1ccsc1. The Morgan fingerprint density at radius 1 is 1.36 bits per heavy atom. The number of benzene rings is 1. The number of hydrogen-bond donors (Lipinski definition) is 3. The quantitative estimate of drug-likeness (QED) is 0.581. The number of hydrogen-bond acceptors (Lipinski definition) is 5. The van der Waals surface area contributed by atoms with Crippen molar-refractivity contribution in [1.29, 1.82) is 0 Å². The van der Waals surface area contributed by atoms with Crippen LogP contribution in [0.2, 0.25) is 0 Å². The molecule has 1 heterocycles. The molecule has 0 unspecified atom stereocenters. The van der Waals surface area contributed by atoms with E-state index in [4.69, 9.17) is 0 Å². The van der Waals surface area contributed by atoms with Gasteiger partial charge in [0, 0.05) is 17.8 Å². The van der Waals surface area contributed by atoms with Crippen LogP contribution in [-0.2, 0) is 5.60 Å². The molecular formula is C14H15N3O4S.